The highest BCUT2D eigenvalue weighted by Crippen LogP contribution is 2.24. The van der Waals surface area contributed by atoms with Crippen LogP contribution >= 0.6 is 0 Å². The summed E-state index contributed by atoms with van der Waals surface area (Å²) in [7, 11) is 6.50. The van der Waals surface area contributed by atoms with Crippen molar-refractivity contribution in [3.8, 4) is 0 Å². The summed E-state index contributed by atoms with van der Waals surface area (Å²) in [5.41, 5.74) is 6.26. The van der Waals surface area contributed by atoms with E-state index in [0.29, 0.717) is 0 Å². The first-order valence-electron chi connectivity index (χ1n) is 7.08. The van der Waals surface area contributed by atoms with Crippen molar-refractivity contribution < 1.29 is 0 Å². The zero-order valence-electron chi connectivity index (χ0n) is 12.6. The molecular formula is C14H33N3. The van der Waals surface area contributed by atoms with Crippen molar-refractivity contribution in [3.63, 3.8) is 0 Å². The summed E-state index contributed by atoms with van der Waals surface area (Å²) in [5, 5.41) is 0. The lowest BCUT2D eigenvalue weighted by atomic mass is 9.88. The minimum absolute atomic E-state index is 0.225. The van der Waals surface area contributed by atoms with Crippen LogP contribution < -0.4 is 5.73 Å². The molecule has 0 aromatic carbocycles. The summed E-state index contributed by atoms with van der Waals surface area (Å²) in [5.74, 6) is 0. The van der Waals surface area contributed by atoms with Crippen LogP contribution in [0.3, 0.4) is 0 Å². The monoisotopic (exact) mass is 243 g/mol. The fourth-order valence-electron chi connectivity index (χ4n) is 2.41. The highest BCUT2D eigenvalue weighted by Gasteiger charge is 2.30. The standard InChI is InChI=1S/C14H33N3/c1-6-8-10-14(7-2,13-15)17(5)12-9-11-16(3)4/h6-13,15H2,1-5H3. The van der Waals surface area contributed by atoms with Gasteiger partial charge < -0.3 is 10.6 Å². The molecule has 0 amide bonds. The van der Waals surface area contributed by atoms with Crippen LogP contribution in [0.2, 0.25) is 0 Å². The average Bonchev–Trinajstić information content (AvgIpc) is 2.30. The maximum absolute atomic E-state index is 6.04. The van der Waals surface area contributed by atoms with Gasteiger partial charge in [0.15, 0.2) is 0 Å². The van der Waals surface area contributed by atoms with E-state index in [2.05, 4.69) is 44.8 Å². The Morgan fingerprint density at radius 1 is 1.00 bits per heavy atom. The summed E-state index contributed by atoms with van der Waals surface area (Å²) in [6, 6.07) is 0. The van der Waals surface area contributed by atoms with Gasteiger partial charge in [-0.05, 0) is 53.5 Å². The fraction of sp³-hybridized carbons (Fsp3) is 1.00. The number of rotatable bonds is 10. The van der Waals surface area contributed by atoms with Gasteiger partial charge in [0.25, 0.3) is 0 Å². The van der Waals surface area contributed by atoms with Gasteiger partial charge in [0, 0.05) is 12.1 Å². The highest BCUT2D eigenvalue weighted by atomic mass is 15.2. The Hall–Kier alpha value is -0.120. The van der Waals surface area contributed by atoms with E-state index in [9.17, 15) is 0 Å². The van der Waals surface area contributed by atoms with E-state index in [0.717, 1.165) is 26.1 Å². The molecule has 0 aromatic rings. The van der Waals surface area contributed by atoms with Crippen LogP contribution in [-0.4, -0.2) is 56.1 Å². The number of hydrogen-bond donors (Lipinski definition) is 1. The van der Waals surface area contributed by atoms with Gasteiger partial charge in [-0.3, -0.25) is 4.90 Å². The zero-order valence-corrected chi connectivity index (χ0v) is 12.6. The predicted octanol–water partition coefficient (Wildman–Crippen LogP) is 2.17. The Bertz CT molecular complexity index is 176. The second kappa shape index (κ2) is 8.90. The average molecular weight is 243 g/mol. The number of likely N-dealkylation sites (N-methyl/N-ethyl adjacent to an activating group) is 1. The van der Waals surface area contributed by atoms with Crippen molar-refractivity contribution in [1.29, 1.82) is 0 Å². The van der Waals surface area contributed by atoms with Crippen LogP contribution in [0.15, 0.2) is 0 Å². The zero-order chi connectivity index (χ0) is 13.3. The van der Waals surface area contributed by atoms with Crippen LogP contribution in [0.1, 0.15) is 46.0 Å². The maximum atomic E-state index is 6.04. The molecule has 0 fully saturated rings. The summed E-state index contributed by atoms with van der Waals surface area (Å²) < 4.78 is 0. The second-order valence-corrected chi connectivity index (χ2v) is 5.46. The molecule has 0 bridgehead atoms. The van der Waals surface area contributed by atoms with E-state index in [4.69, 9.17) is 5.73 Å². The Balaban J connectivity index is 4.26. The van der Waals surface area contributed by atoms with Crippen molar-refractivity contribution in [2.75, 3.05) is 40.8 Å². The molecule has 0 aliphatic carbocycles. The van der Waals surface area contributed by atoms with E-state index >= 15 is 0 Å². The van der Waals surface area contributed by atoms with Crippen molar-refractivity contribution >= 4 is 0 Å². The molecule has 0 saturated heterocycles. The van der Waals surface area contributed by atoms with Gasteiger partial charge in [-0.25, -0.2) is 0 Å². The van der Waals surface area contributed by atoms with E-state index in [-0.39, 0.29) is 5.54 Å². The van der Waals surface area contributed by atoms with Gasteiger partial charge in [-0.15, -0.1) is 0 Å². The Morgan fingerprint density at radius 2 is 1.65 bits per heavy atom. The Morgan fingerprint density at radius 3 is 2.06 bits per heavy atom. The summed E-state index contributed by atoms with van der Waals surface area (Å²) in [4.78, 5) is 4.74. The molecule has 3 nitrogen and oxygen atoms in total. The van der Waals surface area contributed by atoms with Gasteiger partial charge in [-0.1, -0.05) is 26.7 Å². The van der Waals surface area contributed by atoms with Gasteiger partial charge in [0.05, 0.1) is 0 Å². The molecule has 0 spiro atoms. The first-order chi connectivity index (χ1) is 8.02. The van der Waals surface area contributed by atoms with Crippen LogP contribution in [-0.2, 0) is 0 Å². The normalized spacial score (nSPS) is 15.5. The molecule has 2 N–H and O–H groups in total. The van der Waals surface area contributed by atoms with E-state index < -0.39 is 0 Å². The molecular weight excluding hydrogens is 210 g/mol. The van der Waals surface area contributed by atoms with Crippen LogP contribution in [0.4, 0.5) is 0 Å². The lowest BCUT2D eigenvalue weighted by Crippen LogP contribution is -2.52. The van der Waals surface area contributed by atoms with E-state index in [1.165, 1.54) is 25.7 Å². The smallest absolute Gasteiger partial charge is 0.0326 e. The van der Waals surface area contributed by atoms with Crippen LogP contribution in [0.25, 0.3) is 0 Å². The first kappa shape index (κ1) is 16.9. The molecule has 0 saturated carbocycles. The third kappa shape index (κ3) is 5.84. The van der Waals surface area contributed by atoms with Gasteiger partial charge in [0.1, 0.15) is 0 Å². The molecule has 0 aliphatic rings. The third-order valence-corrected chi connectivity index (χ3v) is 3.94. The molecule has 0 radical (unpaired) electrons. The van der Waals surface area contributed by atoms with Crippen molar-refractivity contribution in [1.82, 2.24) is 9.80 Å². The van der Waals surface area contributed by atoms with Crippen LogP contribution in [0.5, 0.6) is 0 Å². The number of unbranched alkanes of at least 4 members (excludes halogenated alkanes) is 1. The lowest BCUT2D eigenvalue weighted by molar-refractivity contribution is 0.103. The molecule has 104 valence electrons. The molecule has 1 unspecified atom stereocenters. The Kier molecular flexibility index (Phi) is 8.83. The second-order valence-electron chi connectivity index (χ2n) is 5.46. The molecule has 3 heteroatoms. The number of nitrogens with zero attached hydrogens (tertiary/aromatic N) is 2. The predicted molar refractivity (Wildman–Crippen MR) is 77.4 cm³/mol. The minimum atomic E-state index is 0.225. The Labute approximate surface area is 108 Å². The third-order valence-electron chi connectivity index (χ3n) is 3.94. The summed E-state index contributed by atoms with van der Waals surface area (Å²) in [6.07, 6.45) is 6.14. The largest absolute Gasteiger partial charge is 0.329 e. The molecule has 1 atom stereocenters. The van der Waals surface area contributed by atoms with Crippen molar-refractivity contribution in [2.24, 2.45) is 5.73 Å². The molecule has 0 heterocycles. The fourth-order valence-corrected chi connectivity index (χ4v) is 2.41. The molecule has 0 aliphatic heterocycles. The summed E-state index contributed by atoms with van der Waals surface area (Å²) in [6.45, 7) is 7.60. The van der Waals surface area contributed by atoms with Gasteiger partial charge >= 0.3 is 0 Å². The quantitative estimate of drug-likeness (QED) is 0.638. The van der Waals surface area contributed by atoms with E-state index in [1.54, 1.807) is 0 Å². The van der Waals surface area contributed by atoms with Gasteiger partial charge in [-0.2, -0.15) is 0 Å². The molecule has 0 rings (SSSR count). The van der Waals surface area contributed by atoms with Crippen molar-refractivity contribution in [2.45, 2.75) is 51.5 Å². The van der Waals surface area contributed by atoms with E-state index in [1.807, 2.05) is 0 Å². The topological polar surface area (TPSA) is 32.5 Å². The van der Waals surface area contributed by atoms with Crippen LogP contribution in [0, 0.1) is 0 Å². The SMILES string of the molecule is CCCCC(CC)(CN)N(C)CCCN(C)C. The molecule has 17 heavy (non-hydrogen) atoms. The molecule has 0 aromatic heterocycles. The van der Waals surface area contributed by atoms with Gasteiger partial charge in [0.2, 0.25) is 0 Å². The lowest BCUT2D eigenvalue weighted by Gasteiger charge is -2.41. The summed E-state index contributed by atoms with van der Waals surface area (Å²) >= 11 is 0. The number of hydrogen-bond acceptors (Lipinski definition) is 3. The van der Waals surface area contributed by atoms with Crippen molar-refractivity contribution in [3.05, 3.63) is 0 Å². The first-order valence-corrected chi connectivity index (χ1v) is 7.08. The maximum Gasteiger partial charge on any atom is 0.0326 e. The highest BCUT2D eigenvalue weighted by molar-refractivity contribution is 4.89. The minimum Gasteiger partial charge on any atom is -0.329 e. The number of nitrogens with two attached hydrogens (primary N) is 1.